The molecule has 0 bridgehead atoms. The van der Waals surface area contributed by atoms with Crippen LogP contribution in [0, 0.1) is 0 Å². The fraction of sp³-hybridized carbons (Fsp3) is 0. The van der Waals surface area contributed by atoms with E-state index >= 15 is 0 Å². The molecular formula is C19H16BrNO. The molecule has 3 heteroatoms. The number of hydrogen-bond donors (Lipinski definition) is 1. The lowest BCUT2D eigenvalue weighted by molar-refractivity contribution is -0.110. The average Bonchev–Trinajstić information content (AvgIpc) is 2.96. The van der Waals surface area contributed by atoms with E-state index in [9.17, 15) is 4.79 Å². The molecule has 0 atom stereocenters. The molecule has 0 unspecified atom stereocenters. The van der Waals surface area contributed by atoms with Gasteiger partial charge in [-0.2, -0.15) is 0 Å². The molecule has 1 N–H and O–H groups in total. The summed E-state index contributed by atoms with van der Waals surface area (Å²) in [6.45, 7) is 0. The van der Waals surface area contributed by atoms with Crippen molar-refractivity contribution in [2.75, 3.05) is 0 Å². The van der Waals surface area contributed by atoms with E-state index in [-0.39, 0.29) is 7.21 Å². The number of fused-ring (bicyclic) bond motifs is 1. The highest BCUT2D eigenvalue weighted by Crippen LogP contribution is 2.18. The van der Waals surface area contributed by atoms with Crippen LogP contribution >= 0.6 is 15.9 Å². The Labute approximate surface area is 138 Å². The van der Waals surface area contributed by atoms with Crippen molar-refractivity contribution in [3.63, 3.8) is 0 Å². The lowest BCUT2D eigenvalue weighted by Gasteiger charge is -1.93. The van der Waals surface area contributed by atoms with Crippen LogP contribution in [0.15, 0.2) is 71.4 Å². The van der Waals surface area contributed by atoms with E-state index in [1.54, 1.807) is 12.2 Å². The first kappa shape index (κ1) is 14.5. The number of carbonyl (C=O) groups excluding carboxylic acids is 1. The van der Waals surface area contributed by atoms with Crippen LogP contribution in [0.2, 0.25) is 0 Å². The second kappa shape index (κ2) is 6.58. The van der Waals surface area contributed by atoms with Gasteiger partial charge in [0, 0.05) is 23.0 Å². The normalized spacial score (nSPS) is 11.7. The van der Waals surface area contributed by atoms with Crippen LogP contribution in [0.4, 0.5) is 0 Å². The summed E-state index contributed by atoms with van der Waals surface area (Å²) in [4.78, 5) is 15.1. The van der Waals surface area contributed by atoms with Gasteiger partial charge in [0.2, 0.25) is 0 Å². The van der Waals surface area contributed by atoms with Gasteiger partial charge >= 0.3 is 0 Å². The molecule has 0 amide bonds. The monoisotopic (exact) mass is 353 g/mol. The number of ketones is 1. The lowest BCUT2D eigenvalue weighted by Crippen LogP contribution is -1.84. The summed E-state index contributed by atoms with van der Waals surface area (Å²) in [6.07, 6.45) is 8.73. The van der Waals surface area contributed by atoms with Crippen molar-refractivity contribution < 1.29 is 6.22 Å². The minimum absolute atomic E-state index is 0. The third kappa shape index (κ3) is 3.43. The fourth-order valence-corrected chi connectivity index (χ4v) is 2.48. The molecule has 0 aliphatic carbocycles. The zero-order valence-electron chi connectivity index (χ0n) is 11.8. The van der Waals surface area contributed by atoms with Crippen molar-refractivity contribution in [2.24, 2.45) is 0 Å². The van der Waals surface area contributed by atoms with E-state index in [4.69, 9.17) is 0 Å². The highest BCUT2D eigenvalue weighted by molar-refractivity contribution is 9.10. The fourth-order valence-electron chi connectivity index (χ4n) is 2.21. The number of halogens is 1. The zero-order chi connectivity index (χ0) is 15.4. The van der Waals surface area contributed by atoms with E-state index in [1.165, 1.54) is 0 Å². The van der Waals surface area contributed by atoms with Gasteiger partial charge in [0.1, 0.15) is 0 Å². The molecule has 3 rings (SSSR count). The second-order valence-corrected chi connectivity index (χ2v) is 5.83. The van der Waals surface area contributed by atoms with Crippen molar-refractivity contribution in [1.29, 1.82) is 0 Å². The molecule has 0 saturated heterocycles. The van der Waals surface area contributed by atoms with Gasteiger partial charge in [0.05, 0.1) is 0 Å². The summed E-state index contributed by atoms with van der Waals surface area (Å²) in [5, 5.41) is 1.11. The van der Waals surface area contributed by atoms with Gasteiger partial charge in [0.15, 0.2) is 5.78 Å². The number of rotatable bonds is 4. The number of carbonyl (C=O) groups is 1. The first-order valence-electron chi connectivity index (χ1n) is 6.94. The highest BCUT2D eigenvalue weighted by atomic mass is 79.9. The van der Waals surface area contributed by atoms with Gasteiger partial charge in [-0.3, -0.25) is 4.79 Å². The van der Waals surface area contributed by atoms with E-state index in [0.29, 0.717) is 0 Å². The topological polar surface area (TPSA) is 32.9 Å². The van der Waals surface area contributed by atoms with Crippen molar-refractivity contribution in [1.82, 2.24) is 4.98 Å². The first-order chi connectivity index (χ1) is 10.7. The van der Waals surface area contributed by atoms with Gasteiger partial charge in [-0.15, -0.1) is 0 Å². The first-order valence-corrected chi connectivity index (χ1v) is 7.73. The van der Waals surface area contributed by atoms with E-state index in [0.717, 1.165) is 26.5 Å². The molecule has 110 valence electrons. The standard InChI is InChI=1S/C19H14BrNO.H2/c20-16-9-5-14(6-10-16)7-11-17(22)12-8-15-13-21-19-4-2-1-3-18(15)19;/h1-13,21H;1H/b11-7+,12-8+;. The molecule has 0 saturated carbocycles. The van der Waals surface area contributed by atoms with Gasteiger partial charge in [-0.25, -0.2) is 0 Å². The number of allylic oxidation sites excluding steroid dienone is 2. The molecule has 1 heterocycles. The predicted molar refractivity (Wildman–Crippen MR) is 97.6 cm³/mol. The number of aromatic nitrogens is 1. The Bertz CT molecular complexity index is 862. The Hall–Kier alpha value is -2.39. The van der Waals surface area contributed by atoms with Crippen LogP contribution in [0.3, 0.4) is 0 Å². The summed E-state index contributed by atoms with van der Waals surface area (Å²) >= 11 is 3.39. The predicted octanol–water partition coefficient (Wildman–Crippen LogP) is 5.47. The van der Waals surface area contributed by atoms with Gasteiger partial charge in [-0.1, -0.05) is 52.3 Å². The number of hydrogen-bond acceptors (Lipinski definition) is 1. The number of para-hydroxylation sites is 1. The van der Waals surface area contributed by atoms with Gasteiger partial charge < -0.3 is 4.98 Å². The molecular weight excluding hydrogens is 338 g/mol. The maximum atomic E-state index is 11.9. The maximum absolute atomic E-state index is 11.9. The molecule has 2 aromatic carbocycles. The van der Waals surface area contributed by atoms with Gasteiger partial charge in [0.25, 0.3) is 0 Å². The SMILES string of the molecule is O=C(/C=C/c1ccc(Br)cc1)/C=C/c1c[nH]c2ccccc12.[HH]. The third-order valence-electron chi connectivity index (χ3n) is 3.36. The molecule has 0 fully saturated rings. The van der Waals surface area contributed by atoms with Crippen LogP contribution < -0.4 is 0 Å². The Kier molecular flexibility index (Phi) is 4.35. The Morgan fingerprint density at radius 2 is 1.73 bits per heavy atom. The number of benzene rings is 2. The average molecular weight is 354 g/mol. The zero-order valence-corrected chi connectivity index (χ0v) is 13.4. The van der Waals surface area contributed by atoms with Crippen molar-refractivity contribution >= 4 is 44.8 Å². The molecule has 22 heavy (non-hydrogen) atoms. The van der Waals surface area contributed by atoms with Crippen LogP contribution in [0.1, 0.15) is 12.6 Å². The van der Waals surface area contributed by atoms with Crippen LogP contribution in [0.25, 0.3) is 23.1 Å². The number of nitrogens with one attached hydrogen (secondary N) is 1. The summed E-state index contributed by atoms with van der Waals surface area (Å²) in [5.74, 6) is -0.0341. The quantitative estimate of drug-likeness (QED) is 0.619. The summed E-state index contributed by atoms with van der Waals surface area (Å²) in [6, 6.07) is 15.8. The largest absolute Gasteiger partial charge is 0.361 e. The Balaban J connectivity index is 0.00000192. The summed E-state index contributed by atoms with van der Waals surface area (Å²) in [5.41, 5.74) is 3.08. The second-order valence-electron chi connectivity index (χ2n) is 4.91. The lowest BCUT2D eigenvalue weighted by atomic mass is 10.1. The van der Waals surface area contributed by atoms with E-state index < -0.39 is 0 Å². The number of aromatic amines is 1. The molecule has 3 aromatic rings. The molecule has 0 aliphatic rings. The van der Waals surface area contributed by atoms with Gasteiger partial charge in [-0.05, 0) is 47.6 Å². The molecule has 1 aromatic heterocycles. The molecule has 2 nitrogen and oxygen atoms in total. The molecule has 0 spiro atoms. The Morgan fingerprint density at radius 3 is 2.55 bits per heavy atom. The smallest absolute Gasteiger partial charge is 0.178 e. The number of H-pyrrole nitrogens is 1. The van der Waals surface area contributed by atoms with E-state index in [2.05, 4.69) is 20.9 Å². The minimum atomic E-state index is -0.0341. The molecule has 0 radical (unpaired) electrons. The van der Waals surface area contributed by atoms with Crippen molar-refractivity contribution in [3.05, 3.63) is 82.5 Å². The highest BCUT2D eigenvalue weighted by Gasteiger charge is 1.99. The van der Waals surface area contributed by atoms with Crippen LogP contribution in [-0.2, 0) is 4.79 Å². The molecule has 0 aliphatic heterocycles. The Morgan fingerprint density at radius 1 is 1.00 bits per heavy atom. The minimum Gasteiger partial charge on any atom is -0.361 e. The van der Waals surface area contributed by atoms with Crippen molar-refractivity contribution in [2.45, 2.75) is 0 Å². The maximum Gasteiger partial charge on any atom is 0.178 e. The van der Waals surface area contributed by atoms with Crippen LogP contribution in [-0.4, -0.2) is 10.8 Å². The van der Waals surface area contributed by atoms with E-state index in [1.807, 2.05) is 66.9 Å². The van der Waals surface area contributed by atoms with Crippen molar-refractivity contribution in [3.8, 4) is 0 Å². The third-order valence-corrected chi connectivity index (χ3v) is 3.89. The van der Waals surface area contributed by atoms with Crippen LogP contribution in [0.5, 0.6) is 0 Å². The summed E-state index contributed by atoms with van der Waals surface area (Å²) < 4.78 is 1.02. The summed E-state index contributed by atoms with van der Waals surface area (Å²) in [7, 11) is 0.